The van der Waals surface area contributed by atoms with Crippen LogP contribution in [0.2, 0.25) is 0 Å². The molecule has 1 heterocycles. The van der Waals surface area contributed by atoms with Crippen LogP contribution in [0.25, 0.3) is 0 Å². The molecule has 1 N–H and O–H groups in total. The summed E-state index contributed by atoms with van der Waals surface area (Å²) in [5.74, 6) is 0.635. The van der Waals surface area contributed by atoms with Crippen LogP contribution in [0.3, 0.4) is 0 Å². The van der Waals surface area contributed by atoms with Gasteiger partial charge in [-0.3, -0.25) is 13.9 Å². The maximum atomic E-state index is 13.8. The van der Waals surface area contributed by atoms with Gasteiger partial charge in [0.1, 0.15) is 18.3 Å². The van der Waals surface area contributed by atoms with Crippen LogP contribution in [-0.4, -0.2) is 63.4 Å². The molecule has 1 aliphatic carbocycles. The third-order valence-corrected chi connectivity index (χ3v) is 9.00. The summed E-state index contributed by atoms with van der Waals surface area (Å²) < 4.78 is 43.4. The topological polar surface area (TPSA) is 114 Å². The van der Waals surface area contributed by atoms with Crippen molar-refractivity contribution in [1.29, 1.82) is 0 Å². The van der Waals surface area contributed by atoms with E-state index in [0.29, 0.717) is 17.2 Å². The van der Waals surface area contributed by atoms with Gasteiger partial charge in [-0.25, -0.2) is 8.42 Å². The zero-order valence-corrected chi connectivity index (χ0v) is 23.5. The summed E-state index contributed by atoms with van der Waals surface area (Å²) in [4.78, 5) is 28.6. The molecule has 1 saturated carbocycles. The van der Waals surface area contributed by atoms with Gasteiger partial charge in [0.25, 0.3) is 0 Å². The van der Waals surface area contributed by atoms with E-state index in [1.807, 2.05) is 12.1 Å². The smallest absolute Gasteiger partial charge is 0.244 e. The number of methoxy groups -OCH3 is 1. The Morgan fingerprint density at radius 1 is 1.05 bits per heavy atom. The van der Waals surface area contributed by atoms with Gasteiger partial charge in [0, 0.05) is 18.7 Å². The van der Waals surface area contributed by atoms with Crippen molar-refractivity contribution in [1.82, 2.24) is 10.2 Å². The molecule has 1 fully saturated rings. The molecule has 39 heavy (non-hydrogen) atoms. The number of amides is 2. The highest BCUT2D eigenvalue weighted by atomic mass is 32.2. The quantitative estimate of drug-likeness (QED) is 0.449. The van der Waals surface area contributed by atoms with E-state index in [1.54, 1.807) is 44.4 Å². The van der Waals surface area contributed by atoms with Gasteiger partial charge >= 0.3 is 0 Å². The summed E-state index contributed by atoms with van der Waals surface area (Å²) in [7, 11) is -2.27. The molecule has 0 bridgehead atoms. The molecule has 212 valence electrons. The highest BCUT2D eigenvalue weighted by Gasteiger charge is 2.32. The standard InChI is InChI=1S/C28H37N3O7S/c1-4-39(34,35)31(23-12-15-25-26(16-23)38-19-37-25)18-27(32)30(17-21-10-13-24(36-3)14-11-21)20(2)28(33)29-22-8-6-5-7-9-22/h10-16,20,22H,4-9,17-19H2,1-3H3,(H,29,33). The summed E-state index contributed by atoms with van der Waals surface area (Å²) in [6.07, 6.45) is 5.11. The molecule has 11 heteroatoms. The zero-order valence-electron chi connectivity index (χ0n) is 22.7. The average molecular weight is 560 g/mol. The second-order valence-electron chi connectivity index (χ2n) is 9.83. The maximum Gasteiger partial charge on any atom is 0.244 e. The second kappa shape index (κ2) is 12.6. The van der Waals surface area contributed by atoms with E-state index in [-0.39, 0.29) is 36.7 Å². The van der Waals surface area contributed by atoms with Gasteiger partial charge in [-0.05, 0) is 56.5 Å². The number of fused-ring (bicyclic) bond motifs is 1. The van der Waals surface area contributed by atoms with Crippen molar-refractivity contribution in [2.75, 3.05) is 30.5 Å². The van der Waals surface area contributed by atoms with Crippen molar-refractivity contribution in [3.05, 3.63) is 48.0 Å². The number of carbonyl (C=O) groups excluding carboxylic acids is 2. The number of benzene rings is 2. The first-order chi connectivity index (χ1) is 18.7. The third kappa shape index (κ3) is 6.95. The second-order valence-corrected chi connectivity index (χ2v) is 12.0. The first-order valence-corrected chi connectivity index (χ1v) is 15.0. The largest absolute Gasteiger partial charge is 0.497 e. The van der Waals surface area contributed by atoms with E-state index < -0.39 is 28.5 Å². The number of ether oxygens (including phenoxy) is 3. The number of anilines is 1. The van der Waals surface area contributed by atoms with Crippen LogP contribution in [0.1, 0.15) is 51.5 Å². The number of carbonyl (C=O) groups is 2. The Bertz CT molecular complexity index is 1260. The van der Waals surface area contributed by atoms with Crippen LogP contribution in [0.5, 0.6) is 17.2 Å². The zero-order chi connectivity index (χ0) is 28.0. The number of hydrogen-bond acceptors (Lipinski definition) is 7. The van der Waals surface area contributed by atoms with Gasteiger partial charge in [-0.2, -0.15) is 0 Å². The van der Waals surface area contributed by atoms with Gasteiger partial charge in [0.05, 0.1) is 18.6 Å². The summed E-state index contributed by atoms with van der Waals surface area (Å²) >= 11 is 0. The molecule has 2 aromatic rings. The Balaban J connectivity index is 1.60. The predicted molar refractivity (Wildman–Crippen MR) is 147 cm³/mol. The number of rotatable bonds is 11. The third-order valence-electron chi connectivity index (χ3n) is 7.25. The molecule has 1 atom stereocenters. The molecule has 0 radical (unpaired) electrons. The van der Waals surface area contributed by atoms with Crippen LogP contribution in [0.4, 0.5) is 5.69 Å². The Labute approximate surface area is 230 Å². The SMILES string of the molecule is CCS(=O)(=O)N(CC(=O)N(Cc1ccc(OC)cc1)C(C)C(=O)NC1CCCCC1)c1ccc2c(c1)OCO2. The Morgan fingerprint density at radius 2 is 1.74 bits per heavy atom. The number of hydrogen-bond donors (Lipinski definition) is 1. The van der Waals surface area contributed by atoms with E-state index >= 15 is 0 Å². The van der Waals surface area contributed by atoms with E-state index in [1.165, 1.54) is 11.8 Å². The molecule has 2 aromatic carbocycles. The molecule has 0 aromatic heterocycles. The fourth-order valence-electron chi connectivity index (χ4n) is 4.84. The van der Waals surface area contributed by atoms with E-state index in [9.17, 15) is 18.0 Å². The number of sulfonamides is 1. The minimum absolute atomic E-state index is 0.0432. The lowest BCUT2D eigenvalue weighted by Gasteiger charge is -2.33. The Morgan fingerprint density at radius 3 is 2.41 bits per heavy atom. The maximum absolute atomic E-state index is 13.8. The van der Waals surface area contributed by atoms with E-state index in [2.05, 4.69) is 5.32 Å². The summed E-state index contributed by atoms with van der Waals surface area (Å²) in [5, 5.41) is 3.10. The van der Waals surface area contributed by atoms with Crippen LogP contribution >= 0.6 is 0 Å². The van der Waals surface area contributed by atoms with Crippen molar-refractivity contribution in [2.45, 2.75) is 64.6 Å². The Hall–Kier alpha value is -3.47. The summed E-state index contributed by atoms with van der Waals surface area (Å²) in [6.45, 7) is 2.91. The van der Waals surface area contributed by atoms with E-state index in [0.717, 1.165) is 42.0 Å². The lowest BCUT2D eigenvalue weighted by atomic mass is 9.95. The predicted octanol–water partition coefficient (Wildman–Crippen LogP) is 3.45. The van der Waals surface area contributed by atoms with Crippen LogP contribution in [0, 0.1) is 0 Å². The summed E-state index contributed by atoms with van der Waals surface area (Å²) in [5.41, 5.74) is 1.08. The number of nitrogens with one attached hydrogen (secondary N) is 1. The van der Waals surface area contributed by atoms with Crippen molar-refractivity contribution in [3.63, 3.8) is 0 Å². The van der Waals surface area contributed by atoms with Crippen molar-refractivity contribution < 1.29 is 32.2 Å². The molecule has 1 unspecified atom stereocenters. The lowest BCUT2D eigenvalue weighted by molar-refractivity contribution is -0.139. The first kappa shape index (κ1) is 28.5. The molecule has 0 spiro atoms. The normalized spacial score (nSPS) is 15.9. The minimum atomic E-state index is -3.84. The minimum Gasteiger partial charge on any atom is -0.497 e. The van der Waals surface area contributed by atoms with Crippen molar-refractivity contribution in [2.24, 2.45) is 0 Å². The molecular weight excluding hydrogens is 522 g/mol. The molecule has 2 aliphatic rings. The summed E-state index contributed by atoms with van der Waals surface area (Å²) in [6, 6.07) is 11.2. The van der Waals surface area contributed by atoms with Gasteiger partial charge < -0.3 is 24.4 Å². The van der Waals surface area contributed by atoms with Gasteiger partial charge in [-0.15, -0.1) is 0 Å². The lowest BCUT2D eigenvalue weighted by Crippen LogP contribution is -2.53. The monoisotopic (exact) mass is 559 g/mol. The van der Waals surface area contributed by atoms with Crippen molar-refractivity contribution >= 4 is 27.5 Å². The molecule has 10 nitrogen and oxygen atoms in total. The first-order valence-electron chi connectivity index (χ1n) is 13.3. The fourth-order valence-corrected chi connectivity index (χ4v) is 5.89. The van der Waals surface area contributed by atoms with E-state index in [4.69, 9.17) is 14.2 Å². The molecule has 4 rings (SSSR count). The highest BCUT2D eigenvalue weighted by Crippen LogP contribution is 2.36. The Kier molecular flexibility index (Phi) is 9.21. The molecular formula is C28H37N3O7S. The van der Waals surface area contributed by atoms with Crippen LogP contribution < -0.4 is 23.8 Å². The molecule has 1 aliphatic heterocycles. The fraction of sp³-hybridized carbons (Fsp3) is 0.500. The van der Waals surface area contributed by atoms with Crippen LogP contribution in [0.15, 0.2) is 42.5 Å². The highest BCUT2D eigenvalue weighted by molar-refractivity contribution is 7.92. The van der Waals surface area contributed by atoms with Gasteiger partial charge in [-0.1, -0.05) is 31.4 Å². The van der Waals surface area contributed by atoms with Gasteiger partial charge in [0.2, 0.25) is 28.6 Å². The van der Waals surface area contributed by atoms with Crippen LogP contribution in [-0.2, 0) is 26.2 Å². The van der Waals surface area contributed by atoms with Crippen molar-refractivity contribution in [3.8, 4) is 17.2 Å². The molecule has 2 amide bonds. The van der Waals surface area contributed by atoms with Gasteiger partial charge in [0.15, 0.2) is 11.5 Å². The average Bonchev–Trinajstić information content (AvgIpc) is 3.43. The molecule has 0 saturated heterocycles. The number of nitrogens with zero attached hydrogens (tertiary/aromatic N) is 2.